The van der Waals surface area contributed by atoms with E-state index in [4.69, 9.17) is 4.18 Å². The first kappa shape index (κ1) is 21.7. The molecule has 0 heterocycles. The van der Waals surface area contributed by atoms with Crippen LogP contribution in [0.25, 0.3) is 0 Å². The van der Waals surface area contributed by atoms with Crippen molar-refractivity contribution in [2.45, 2.75) is 69.6 Å². The average Bonchev–Trinajstić information content (AvgIpc) is 2.50. The minimum atomic E-state index is -3.57. The molecule has 0 saturated carbocycles. The van der Waals surface area contributed by atoms with Crippen LogP contribution in [0.2, 0.25) is 0 Å². The number of hydrogen-bond donors (Lipinski definition) is 0. The Labute approximate surface area is 148 Å². The van der Waals surface area contributed by atoms with E-state index in [0.717, 1.165) is 12.8 Å². The van der Waals surface area contributed by atoms with Gasteiger partial charge in [-0.15, -0.1) is 0 Å². The molecule has 0 aliphatic heterocycles. The molecule has 0 N–H and O–H groups in total. The summed E-state index contributed by atoms with van der Waals surface area (Å²) >= 11 is 0. The summed E-state index contributed by atoms with van der Waals surface area (Å²) in [5, 5.41) is 0. The molecular weight excluding hydrogens is 291 g/mol. The molecule has 22 heavy (non-hydrogen) atoms. The van der Waals surface area contributed by atoms with Crippen molar-refractivity contribution in [3.63, 3.8) is 0 Å². The fourth-order valence-corrected chi connectivity index (χ4v) is 3.20. The second-order valence-corrected chi connectivity index (χ2v) is 7.03. The van der Waals surface area contributed by atoms with Gasteiger partial charge in [0, 0.05) is 18.9 Å². The molecule has 1 rings (SSSR count). The van der Waals surface area contributed by atoms with E-state index in [0.29, 0.717) is 0 Å². The van der Waals surface area contributed by atoms with Crippen LogP contribution in [0, 0.1) is 0 Å². The molecule has 3 nitrogen and oxygen atoms in total. The fraction of sp³-hybridized carbons (Fsp3) is 0.647. The Hall–Kier alpha value is -0.273. The summed E-state index contributed by atoms with van der Waals surface area (Å²) in [6.07, 6.45) is 10.8. The molecule has 0 aliphatic carbocycles. The summed E-state index contributed by atoms with van der Waals surface area (Å²) in [4.78, 5) is 0.237. The second kappa shape index (κ2) is 13.2. The van der Waals surface area contributed by atoms with Crippen LogP contribution in [0.15, 0.2) is 35.2 Å². The van der Waals surface area contributed by atoms with Gasteiger partial charge >= 0.3 is 0 Å². The topological polar surface area (TPSA) is 43.4 Å². The first-order chi connectivity index (χ1) is 10.2. The van der Waals surface area contributed by atoms with Gasteiger partial charge in [0.1, 0.15) is 0 Å². The Morgan fingerprint density at radius 3 is 1.86 bits per heavy atom. The van der Waals surface area contributed by atoms with Crippen molar-refractivity contribution in [1.82, 2.24) is 0 Å². The van der Waals surface area contributed by atoms with Crippen molar-refractivity contribution in [2.75, 3.05) is 6.61 Å². The van der Waals surface area contributed by atoms with E-state index in [1.54, 1.807) is 30.3 Å². The maximum atomic E-state index is 11.8. The van der Waals surface area contributed by atoms with Crippen molar-refractivity contribution < 1.29 is 12.6 Å². The standard InChI is InChI=1S/C17H28O3S.Li/c1-2-3-4-5-6-7-8-9-13-16-20-21(18,19)17-14-11-10-12-15-17;/h10-12,14-15H,2-9,13,16H2,1H3;. The van der Waals surface area contributed by atoms with Crippen LogP contribution >= 0.6 is 0 Å². The quantitative estimate of drug-likeness (QED) is 0.323. The summed E-state index contributed by atoms with van der Waals surface area (Å²) in [6, 6.07) is 8.32. The van der Waals surface area contributed by atoms with E-state index < -0.39 is 10.1 Å². The monoisotopic (exact) mass is 319 g/mol. The number of rotatable bonds is 12. The minimum Gasteiger partial charge on any atom is -0.266 e. The molecule has 0 saturated heterocycles. The Bertz CT molecular complexity index is 460. The van der Waals surface area contributed by atoms with Crippen LogP contribution < -0.4 is 0 Å². The van der Waals surface area contributed by atoms with E-state index in [1.807, 2.05) is 0 Å². The summed E-state index contributed by atoms with van der Waals surface area (Å²) in [5.41, 5.74) is 0. The van der Waals surface area contributed by atoms with E-state index in [1.165, 1.54) is 44.9 Å². The molecule has 0 aliphatic rings. The average molecular weight is 319 g/mol. The molecule has 0 bridgehead atoms. The smallest absolute Gasteiger partial charge is 0.266 e. The van der Waals surface area contributed by atoms with E-state index in [2.05, 4.69) is 6.92 Å². The molecule has 1 radical (unpaired) electrons. The summed E-state index contributed by atoms with van der Waals surface area (Å²) in [5.74, 6) is 0. The summed E-state index contributed by atoms with van der Waals surface area (Å²) < 4.78 is 28.7. The Balaban J connectivity index is 0.00000441. The van der Waals surface area contributed by atoms with Gasteiger partial charge in [-0.25, -0.2) is 0 Å². The molecule has 0 amide bonds. The number of hydrogen-bond acceptors (Lipinski definition) is 3. The van der Waals surface area contributed by atoms with E-state index in [-0.39, 0.29) is 30.4 Å². The molecule has 121 valence electrons. The molecule has 0 spiro atoms. The van der Waals surface area contributed by atoms with Crippen LogP contribution in [0.1, 0.15) is 64.7 Å². The normalized spacial score (nSPS) is 11.1. The van der Waals surface area contributed by atoms with Gasteiger partial charge in [0.2, 0.25) is 0 Å². The fourth-order valence-electron chi connectivity index (χ4n) is 2.24. The Kier molecular flexibility index (Phi) is 13.0. The van der Waals surface area contributed by atoms with Crippen molar-refractivity contribution in [2.24, 2.45) is 0 Å². The van der Waals surface area contributed by atoms with Crippen LogP contribution in [0.3, 0.4) is 0 Å². The van der Waals surface area contributed by atoms with Crippen LogP contribution in [0.5, 0.6) is 0 Å². The summed E-state index contributed by atoms with van der Waals surface area (Å²) in [7, 11) is -3.57. The number of unbranched alkanes of at least 4 members (excludes halogenated alkanes) is 8. The molecule has 1 aromatic rings. The van der Waals surface area contributed by atoms with Crippen molar-refractivity contribution in [1.29, 1.82) is 0 Å². The van der Waals surface area contributed by atoms with Gasteiger partial charge in [0.05, 0.1) is 11.5 Å². The zero-order valence-electron chi connectivity index (χ0n) is 14.1. The van der Waals surface area contributed by atoms with Gasteiger partial charge < -0.3 is 0 Å². The van der Waals surface area contributed by atoms with Crippen LogP contribution in [-0.4, -0.2) is 33.9 Å². The van der Waals surface area contributed by atoms with Crippen molar-refractivity contribution in [3.05, 3.63) is 30.3 Å². The molecule has 0 unspecified atom stereocenters. The first-order valence-electron chi connectivity index (χ1n) is 8.11. The first-order valence-corrected chi connectivity index (χ1v) is 9.52. The predicted octanol–water partition coefficient (Wildman–Crippen LogP) is 4.54. The SMILES string of the molecule is CCCCCCCCCCCOS(=O)(=O)c1ccccc1.[Li]. The molecule has 0 fully saturated rings. The second-order valence-electron chi connectivity index (χ2n) is 5.42. The molecule has 5 heteroatoms. The van der Waals surface area contributed by atoms with E-state index in [9.17, 15) is 8.42 Å². The third-order valence-electron chi connectivity index (χ3n) is 3.52. The largest absolute Gasteiger partial charge is 0.296 e. The minimum absolute atomic E-state index is 0. The van der Waals surface area contributed by atoms with Crippen molar-refractivity contribution in [3.8, 4) is 0 Å². The van der Waals surface area contributed by atoms with Crippen LogP contribution in [0.4, 0.5) is 0 Å². The Morgan fingerprint density at radius 1 is 0.818 bits per heavy atom. The van der Waals surface area contributed by atoms with Gasteiger partial charge in [-0.2, -0.15) is 8.42 Å². The predicted molar refractivity (Wildman–Crippen MR) is 92.6 cm³/mol. The molecular formula is C17H28LiO3S. The maximum absolute atomic E-state index is 11.8. The van der Waals surface area contributed by atoms with Gasteiger partial charge in [-0.3, -0.25) is 4.18 Å². The summed E-state index contributed by atoms with van der Waals surface area (Å²) in [6.45, 7) is 2.51. The third-order valence-corrected chi connectivity index (χ3v) is 4.84. The molecule has 0 atom stereocenters. The number of benzene rings is 1. The maximum Gasteiger partial charge on any atom is 0.296 e. The van der Waals surface area contributed by atoms with Gasteiger partial charge in [0.25, 0.3) is 10.1 Å². The van der Waals surface area contributed by atoms with Gasteiger partial charge in [-0.1, -0.05) is 76.5 Å². The molecule has 1 aromatic carbocycles. The van der Waals surface area contributed by atoms with Crippen molar-refractivity contribution >= 4 is 29.0 Å². The zero-order valence-corrected chi connectivity index (χ0v) is 14.9. The van der Waals surface area contributed by atoms with Gasteiger partial charge in [0.15, 0.2) is 0 Å². The van der Waals surface area contributed by atoms with Crippen LogP contribution in [-0.2, 0) is 14.3 Å². The third kappa shape index (κ3) is 9.69. The zero-order chi connectivity index (χ0) is 15.4. The molecule has 0 aromatic heterocycles. The Morgan fingerprint density at radius 2 is 1.32 bits per heavy atom. The van der Waals surface area contributed by atoms with Gasteiger partial charge in [-0.05, 0) is 18.6 Å². The van der Waals surface area contributed by atoms with E-state index >= 15 is 0 Å².